The number of rotatable bonds is 5. The van der Waals surface area contributed by atoms with E-state index < -0.39 is 42.7 Å². The van der Waals surface area contributed by atoms with Crippen LogP contribution in [0.2, 0.25) is 0 Å². The highest BCUT2D eigenvalue weighted by Crippen LogP contribution is 2.53. The fourth-order valence-electron chi connectivity index (χ4n) is 4.80. The fourth-order valence-corrected chi connectivity index (χ4v) is 4.80. The van der Waals surface area contributed by atoms with Crippen molar-refractivity contribution in [2.75, 3.05) is 6.67 Å². The van der Waals surface area contributed by atoms with Crippen LogP contribution in [0.3, 0.4) is 0 Å². The third kappa shape index (κ3) is 3.98. The van der Waals surface area contributed by atoms with E-state index in [2.05, 4.69) is 4.74 Å². The number of hydrogen-bond acceptors (Lipinski definition) is 4. The van der Waals surface area contributed by atoms with E-state index in [0.717, 1.165) is 38.5 Å². The van der Waals surface area contributed by atoms with Gasteiger partial charge in [-0.2, -0.15) is 13.2 Å². The highest BCUT2D eigenvalue weighted by molar-refractivity contribution is 5.84. The van der Waals surface area contributed by atoms with Gasteiger partial charge < -0.3 is 9.47 Å². The maximum Gasteiger partial charge on any atom is 0.428 e. The van der Waals surface area contributed by atoms with Crippen LogP contribution in [0.1, 0.15) is 51.4 Å². The largest absolute Gasteiger partial charge is 0.462 e. The number of carbonyl (C=O) groups is 2. The molecule has 3 fully saturated rings. The minimum absolute atomic E-state index is 0.0663. The van der Waals surface area contributed by atoms with Gasteiger partial charge in [0.25, 0.3) is 0 Å². The Labute approximate surface area is 149 Å². The number of halogens is 4. The van der Waals surface area contributed by atoms with Crippen LogP contribution in [-0.4, -0.2) is 37.0 Å². The zero-order valence-electron chi connectivity index (χ0n) is 14.5. The lowest BCUT2D eigenvalue weighted by molar-refractivity contribution is -0.228. The Morgan fingerprint density at radius 2 is 1.50 bits per heavy atom. The summed E-state index contributed by atoms with van der Waals surface area (Å²) in [6.45, 7) is -1.83. The summed E-state index contributed by atoms with van der Waals surface area (Å²) >= 11 is 0. The first-order chi connectivity index (χ1) is 12.3. The van der Waals surface area contributed by atoms with Crippen LogP contribution in [0.5, 0.6) is 0 Å². The lowest BCUT2D eigenvalue weighted by Gasteiger charge is -2.31. The lowest BCUT2D eigenvalue weighted by atomic mass is 9.79. The SMILES string of the molecule is O=C(OC1CCCCC1)C1C2CCC(C2)C1C(=O)OC(CF)C(F)(F)F. The van der Waals surface area contributed by atoms with Crippen molar-refractivity contribution in [1.29, 1.82) is 0 Å². The van der Waals surface area contributed by atoms with Crippen molar-refractivity contribution in [3.05, 3.63) is 0 Å². The molecular weight excluding hydrogens is 356 g/mol. The third-order valence-electron chi connectivity index (χ3n) is 6.06. The molecule has 5 unspecified atom stereocenters. The molecule has 3 saturated carbocycles. The molecule has 0 saturated heterocycles. The Bertz CT molecular complexity index is 530. The minimum Gasteiger partial charge on any atom is -0.462 e. The fraction of sp³-hybridized carbons (Fsp3) is 0.889. The standard InChI is InChI=1S/C18H24F4O4/c19-9-13(18(20,21)22)26-17(24)15-11-7-6-10(8-11)14(15)16(23)25-12-4-2-1-3-5-12/h10-15H,1-9H2. The summed E-state index contributed by atoms with van der Waals surface area (Å²) in [4.78, 5) is 25.0. The second-order valence-electron chi connectivity index (χ2n) is 7.70. The quantitative estimate of drug-likeness (QED) is 0.535. The Balaban J connectivity index is 1.68. The van der Waals surface area contributed by atoms with Crippen molar-refractivity contribution in [3.8, 4) is 0 Å². The highest BCUT2D eigenvalue weighted by Gasteiger charge is 2.56. The average Bonchev–Trinajstić information content (AvgIpc) is 3.20. The Kier molecular flexibility index (Phi) is 5.77. The van der Waals surface area contributed by atoms with Gasteiger partial charge in [0.05, 0.1) is 11.8 Å². The molecule has 0 spiro atoms. The van der Waals surface area contributed by atoms with Crippen LogP contribution in [0.4, 0.5) is 17.6 Å². The van der Waals surface area contributed by atoms with E-state index in [-0.39, 0.29) is 17.9 Å². The van der Waals surface area contributed by atoms with Crippen molar-refractivity contribution in [2.45, 2.75) is 69.8 Å². The van der Waals surface area contributed by atoms with E-state index in [1.54, 1.807) is 0 Å². The molecule has 8 heteroatoms. The monoisotopic (exact) mass is 380 g/mol. The molecule has 26 heavy (non-hydrogen) atoms. The first-order valence-corrected chi connectivity index (χ1v) is 9.35. The molecule has 0 aliphatic heterocycles. The van der Waals surface area contributed by atoms with Crippen LogP contribution < -0.4 is 0 Å². The molecule has 3 aliphatic carbocycles. The number of hydrogen-bond donors (Lipinski definition) is 0. The molecule has 5 atom stereocenters. The van der Waals surface area contributed by atoms with Crippen molar-refractivity contribution in [3.63, 3.8) is 0 Å². The van der Waals surface area contributed by atoms with E-state index in [1.165, 1.54) is 0 Å². The van der Waals surface area contributed by atoms with Crippen LogP contribution >= 0.6 is 0 Å². The lowest BCUT2D eigenvalue weighted by Crippen LogP contribution is -2.42. The number of esters is 2. The van der Waals surface area contributed by atoms with E-state index >= 15 is 0 Å². The van der Waals surface area contributed by atoms with Crippen LogP contribution in [0, 0.1) is 23.7 Å². The molecule has 0 aromatic carbocycles. The number of ether oxygens (including phenoxy) is 2. The summed E-state index contributed by atoms with van der Waals surface area (Å²) in [5.41, 5.74) is 0. The predicted molar refractivity (Wildman–Crippen MR) is 82.7 cm³/mol. The number of fused-ring (bicyclic) bond motifs is 2. The van der Waals surface area contributed by atoms with Gasteiger partial charge in [0, 0.05) is 0 Å². The summed E-state index contributed by atoms with van der Waals surface area (Å²) in [5.74, 6) is -3.61. The second kappa shape index (κ2) is 7.72. The van der Waals surface area contributed by atoms with Crippen molar-refractivity contribution < 1.29 is 36.6 Å². The van der Waals surface area contributed by atoms with Gasteiger partial charge in [-0.05, 0) is 56.8 Å². The molecule has 3 aliphatic rings. The van der Waals surface area contributed by atoms with Gasteiger partial charge >= 0.3 is 18.1 Å². The van der Waals surface area contributed by atoms with Gasteiger partial charge in [-0.1, -0.05) is 6.42 Å². The first kappa shape index (κ1) is 19.4. The van der Waals surface area contributed by atoms with Crippen molar-refractivity contribution >= 4 is 11.9 Å². The maximum atomic E-state index is 12.7. The van der Waals surface area contributed by atoms with Gasteiger partial charge in [-0.15, -0.1) is 0 Å². The molecule has 0 heterocycles. The summed E-state index contributed by atoms with van der Waals surface area (Å²) < 4.78 is 60.8. The predicted octanol–water partition coefficient (Wildman–Crippen LogP) is 3.97. The third-order valence-corrected chi connectivity index (χ3v) is 6.06. The van der Waals surface area contributed by atoms with Gasteiger partial charge in [0.1, 0.15) is 12.8 Å². The Hall–Kier alpha value is -1.34. The van der Waals surface area contributed by atoms with Gasteiger partial charge in [0.2, 0.25) is 6.10 Å². The second-order valence-corrected chi connectivity index (χ2v) is 7.70. The van der Waals surface area contributed by atoms with Crippen LogP contribution in [0.25, 0.3) is 0 Å². The van der Waals surface area contributed by atoms with E-state index in [1.807, 2.05) is 0 Å². The summed E-state index contributed by atoms with van der Waals surface area (Å²) in [7, 11) is 0. The van der Waals surface area contributed by atoms with E-state index in [9.17, 15) is 27.2 Å². The highest BCUT2D eigenvalue weighted by atomic mass is 19.4. The number of alkyl halides is 4. The van der Waals surface area contributed by atoms with Crippen LogP contribution in [-0.2, 0) is 19.1 Å². The van der Waals surface area contributed by atoms with Gasteiger partial charge in [-0.25, -0.2) is 4.39 Å². The van der Waals surface area contributed by atoms with E-state index in [4.69, 9.17) is 4.74 Å². The molecular formula is C18H24F4O4. The normalized spacial score (nSPS) is 33.1. The molecule has 2 bridgehead atoms. The minimum atomic E-state index is -4.96. The topological polar surface area (TPSA) is 52.6 Å². The molecule has 4 nitrogen and oxygen atoms in total. The molecule has 0 radical (unpaired) electrons. The molecule has 0 amide bonds. The molecule has 148 valence electrons. The van der Waals surface area contributed by atoms with Crippen molar-refractivity contribution in [1.82, 2.24) is 0 Å². The zero-order valence-corrected chi connectivity index (χ0v) is 14.5. The molecule has 3 rings (SSSR count). The summed E-state index contributed by atoms with van der Waals surface area (Å²) in [5, 5.41) is 0. The van der Waals surface area contributed by atoms with Gasteiger partial charge in [0.15, 0.2) is 0 Å². The summed E-state index contributed by atoms with van der Waals surface area (Å²) in [6.07, 6.45) is -1.28. The molecule has 0 aromatic rings. The maximum absolute atomic E-state index is 12.7. The van der Waals surface area contributed by atoms with Crippen molar-refractivity contribution in [2.24, 2.45) is 23.7 Å². The zero-order chi connectivity index (χ0) is 18.9. The average molecular weight is 380 g/mol. The smallest absolute Gasteiger partial charge is 0.428 e. The van der Waals surface area contributed by atoms with Gasteiger partial charge in [-0.3, -0.25) is 9.59 Å². The van der Waals surface area contributed by atoms with E-state index in [0.29, 0.717) is 12.8 Å². The molecule has 0 N–H and O–H groups in total. The molecule has 0 aromatic heterocycles. The van der Waals surface area contributed by atoms with Crippen LogP contribution in [0.15, 0.2) is 0 Å². The first-order valence-electron chi connectivity index (χ1n) is 9.35. The Morgan fingerprint density at radius 1 is 0.923 bits per heavy atom. The number of carbonyl (C=O) groups excluding carboxylic acids is 2. The summed E-state index contributed by atoms with van der Waals surface area (Å²) in [6, 6.07) is 0. The Morgan fingerprint density at radius 3 is 2.04 bits per heavy atom.